The van der Waals surface area contributed by atoms with Gasteiger partial charge in [-0.2, -0.15) is 0 Å². The van der Waals surface area contributed by atoms with Gasteiger partial charge in [-0.25, -0.2) is 4.79 Å². The number of piperidine rings is 1. The summed E-state index contributed by atoms with van der Waals surface area (Å²) in [4.78, 5) is 38.0. The van der Waals surface area contributed by atoms with Crippen molar-refractivity contribution in [3.8, 4) is 0 Å². The molecule has 2 N–H and O–H groups in total. The zero-order valence-electron chi connectivity index (χ0n) is 12.8. The Hall–Kier alpha value is -1.85. The van der Waals surface area contributed by atoms with Crippen LogP contribution in [0, 0.1) is 5.92 Å². The molecule has 2 aliphatic heterocycles. The highest BCUT2D eigenvalue weighted by atomic mass is 16.2. The lowest BCUT2D eigenvalue weighted by atomic mass is 9.75. The van der Waals surface area contributed by atoms with Crippen LogP contribution < -0.4 is 10.6 Å². The van der Waals surface area contributed by atoms with Crippen molar-refractivity contribution < 1.29 is 14.4 Å². The quantitative estimate of drug-likeness (QED) is 0.596. The van der Waals surface area contributed by atoms with E-state index < -0.39 is 11.6 Å². The first kappa shape index (κ1) is 15.1. The first-order valence-corrected chi connectivity index (χ1v) is 8.12. The Bertz CT molecular complexity index is 509. The molecule has 3 fully saturated rings. The van der Waals surface area contributed by atoms with E-state index in [-0.39, 0.29) is 23.8 Å². The Kier molecular flexibility index (Phi) is 3.93. The Balaban J connectivity index is 1.63. The number of urea groups is 1. The highest BCUT2D eigenvalue weighted by Gasteiger charge is 2.49. The summed E-state index contributed by atoms with van der Waals surface area (Å²) in [7, 11) is 0. The third kappa shape index (κ3) is 2.51. The zero-order chi connectivity index (χ0) is 15.7. The van der Waals surface area contributed by atoms with E-state index in [2.05, 4.69) is 17.2 Å². The Morgan fingerprint density at radius 3 is 2.55 bits per heavy atom. The molecule has 1 spiro atoms. The molecule has 6 heteroatoms. The monoisotopic (exact) mass is 305 g/mol. The van der Waals surface area contributed by atoms with Crippen LogP contribution >= 0.6 is 0 Å². The molecule has 6 nitrogen and oxygen atoms in total. The molecule has 22 heavy (non-hydrogen) atoms. The van der Waals surface area contributed by atoms with E-state index in [1.54, 1.807) is 0 Å². The molecule has 2 saturated heterocycles. The van der Waals surface area contributed by atoms with Gasteiger partial charge >= 0.3 is 6.03 Å². The van der Waals surface area contributed by atoms with Gasteiger partial charge in [0.15, 0.2) is 0 Å². The van der Waals surface area contributed by atoms with E-state index in [0.717, 1.165) is 25.8 Å². The number of likely N-dealkylation sites (tertiary alicyclic amines) is 1. The molecule has 0 bridgehead atoms. The van der Waals surface area contributed by atoms with Crippen LogP contribution in [0.2, 0.25) is 0 Å². The fraction of sp³-hybridized carbons (Fsp3) is 0.688. The Morgan fingerprint density at radius 2 is 1.95 bits per heavy atom. The fourth-order valence-electron chi connectivity index (χ4n) is 3.95. The standard InChI is InChI=1S/C16H23N3O3/c1-2-12-5-3-4-10-19(12)13(20)11-6-8-16(9-7-11)14(21)17-15(22)18-16/h2,11-12H,1,3-10H2,(H2,17,18,21,22). The van der Waals surface area contributed by atoms with Crippen LogP contribution in [-0.4, -0.2) is 40.9 Å². The number of hydrogen-bond acceptors (Lipinski definition) is 3. The predicted octanol–water partition coefficient (Wildman–Crippen LogP) is 1.32. The lowest BCUT2D eigenvalue weighted by molar-refractivity contribution is -0.140. The van der Waals surface area contributed by atoms with Crippen molar-refractivity contribution in [3.63, 3.8) is 0 Å². The largest absolute Gasteiger partial charge is 0.336 e. The second-order valence-corrected chi connectivity index (χ2v) is 6.60. The van der Waals surface area contributed by atoms with E-state index >= 15 is 0 Å². The van der Waals surface area contributed by atoms with Crippen molar-refractivity contribution in [3.05, 3.63) is 12.7 Å². The van der Waals surface area contributed by atoms with Gasteiger partial charge in [-0.3, -0.25) is 14.9 Å². The number of imide groups is 1. The normalized spacial score (nSPS) is 35.2. The maximum Gasteiger partial charge on any atom is 0.322 e. The van der Waals surface area contributed by atoms with Crippen LogP contribution in [0.5, 0.6) is 0 Å². The number of nitrogens with zero attached hydrogens (tertiary/aromatic N) is 1. The molecule has 1 saturated carbocycles. The molecular formula is C16H23N3O3. The van der Waals surface area contributed by atoms with Crippen molar-refractivity contribution in [2.45, 2.75) is 56.5 Å². The van der Waals surface area contributed by atoms with E-state index in [1.807, 2.05) is 11.0 Å². The average molecular weight is 305 g/mol. The van der Waals surface area contributed by atoms with Crippen LogP contribution in [0.4, 0.5) is 4.79 Å². The zero-order valence-corrected chi connectivity index (χ0v) is 12.8. The Morgan fingerprint density at radius 1 is 1.23 bits per heavy atom. The summed E-state index contributed by atoms with van der Waals surface area (Å²) in [6.45, 7) is 4.64. The van der Waals surface area contributed by atoms with Gasteiger partial charge < -0.3 is 10.2 Å². The average Bonchev–Trinajstić information content (AvgIpc) is 2.81. The number of amides is 4. The highest BCUT2D eigenvalue weighted by Crippen LogP contribution is 2.36. The summed E-state index contributed by atoms with van der Waals surface area (Å²) in [5.74, 6) is -0.106. The minimum absolute atomic E-state index is 0.0449. The van der Waals surface area contributed by atoms with Crippen molar-refractivity contribution in [2.75, 3.05) is 6.54 Å². The van der Waals surface area contributed by atoms with Crippen LogP contribution in [0.15, 0.2) is 12.7 Å². The van der Waals surface area contributed by atoms with Crippen LogP contribution in [-0.2, 0) is 9.59 Å². The summed E-state index contributed by atoms with van der Waals surface area (Å²) in [5, 5.41) is 5.04. The van der Waals surface area contributed by atoms with Gasteiger partial charge in [-0.15, -0.1) is 6.58 Å². The third-order valence-corrected chi connectivity index (χ3v) is 5.31. The summed E-state index contributed by atoms with van der Waals surface area (Å²) < 4.78 is 0. The molecule has 1 atom stereocenters. The maximum atomic E-state index is 12.8. The first-order valence-electron chi connectivity index (χ1n) is 8.12. The lowest BCUT2D eigenvalue weighted by Crippen LogP contribution is -2.52. The second-order valence-electron chi connectivity index (χ2n) is 6.60. The molecule has 120 valence electrons. The van der Waals surface area contributed by atoms with Crippen molar-refractivity contribution in [1.29, 1.82) is 0 Å². The topological polar surface area (TPSA) is 78.5 Å². The molecule has 0 aromatic carbocycles. The summed E-state index contributed by atoms with van der Waals surface area (Å²) in [5.41, 5.74) is -0.784. The Labute approximate surface area is 130 Å². The molecule has 1 unspecified atom stereocenters. The lowest BCUT2D eigenvalue weighted by Gasteiger charge is -2.39. The van der Waals surface area contributed by atoms with Gasteiger partial charge in [0.2, 0.25) is 5.91 Å². The van der Waals surface area contributed by atoms with Gasteiger partial charge in [0.25, 0.3) is 5.91 Å². The number of nitrogens with one attached hydrogen (secondary N) is 2. The second kappa shape index (κ2) is 5.74. The molecule has 3 aliphatic rings. The van der Waals surface area contributed by atoms with E-state index in [4.69, 9.17) is 0 Å². The van der Waals surface area contributed by atoms with Gasteiger partial charge in [0.05, 0.1) is 0 Å². The summed E-state index contributed by atoms with van der Waals surface area (Å²) in [6.07, 6.45) is 7.41. The number of hydrogen-bond donors (Lipinski definition) is 2. The maximum absolute atomic E-state index is 12.8. The van der Waals surface area contributed by atoms with Crippen LogP contribution in [0.25, 0.3) is 0 Å². The highest BCUT2D eigenvalue weighted by molar-refractivity contribution is 6.07. The van der Waals surface area contributed by atoms with E-state index in [9.17, 15) is 14.4 Å². The fourth-order valence-corrected chi connectivity index (χ4v) is 3.95. The van der Waals surface area contributed by atoms with E-state index in [0.29, 0.717) is 25.7 Å². The van der Waals surface area contributed by atoms with Crippen LogP contribution in [0.3, 0.4) is 0 Å². The van der Waals surface area contributed by atoms with Gasteiger partial charge in [0, 0.05) is 18.5 Å². The van der Waals surface area contributed by atoms with Crippen molar-refractivity contribution in [1.82, 2.24) is 15.5 Å². The summed E-state index contributed by atoms with van der Waals surface area (Å²) >= 11 is 0. The molecule has 4 amide bonds. The van der Waals surface area contributed by atoms with Crippen molar-refractivity contribution in [2.24, 2.45) is 5.92 Å². The molecule has 1 aliphatic carbocycles. The predicted molar refractivity (Wildman–Crippen MR) is 80.9 cm³/mol. The minimum Gasteiger partial charge on any atom is -0.336 e. The number of rotatable bonds is 2. The van der Waals surface area contributed by atoms with E-state index in [1.165, 1.54) is 0 Å². The van der Waals surface area contributed by atoms with Gasteiger partial charge in [0.1, 0.15) is 5.54 Å². The van der Waals surface area contributed by atoms with Gasteiger partial charge in [-0.05, 0) is 44.9 Å². The molecule has 0 aromatic heterocycles. The third-order valence-electron chi connectivity index (χ3n) is 5.31. The summed E-state index contributed by atoms with van der Waals surface area (Å²) in [6, 6.07) is -0.274. The molecule has 3 rings (SSSR count). The molecular weight excluding hydrogens is 282 g/mol. The minimum atomic E-state index is -0.784. The smallest absolute Gasteiger partial charge is 0.322 e. The van der Waals surface area contributed by atoms with Gasteiger partial charge in [-0.1, -0.05) is 6.08 Å². The SMILES string of the molecule is C=CC1CCCCN1C(=O)C1CCC2(CC1)NC(=O)NC2=O. The van der Waals surface area contributed by atoms with Crippen molar-refractivity contribution >= 4 is 17.8 Å². The molecule has 0 aromatic rings. The van der Waals surface area contributed by atoms with Crippen LogP contribution in [0.1, 0.15) is 44.9 Å². The molecule has 2 heterocycles. The number of carbonyl (C=O) groups is 3. The first-order chi connectivity index (χ1) is 10.6. The number of carbonyl (C=O) groups excluding carboxylic acids is 3. The molecule has 0 radical (unpaired) electrons.